The fraction of sp³-hybridized carbons (Fsp3) is 0.647. The van der Waals surface area contributed by atoms with Crippen LogP contribution in [0.25, 0.3) is 0 Å². The van der Waals surface area contributed by atoms with Crippen LogP contribution in [0.4, 0.5) is 0 Å². The first-order chi connectivity index (χ1) is 9.78. The number of aryl methyl sites for hydroxylation is 1. The third-order valence-electron chi connectivity index (χ3n) is 3.25. The summed E-state index contributed by atoms with van der Waals surface area (Å²) in [4.78, 5) is 0. The van der Waals surface area contributed by atoms with Gasteiger partial charge in [-0.25, -0.2) is 0 Å². The highest BCUT2D eigenvalue weighted by molar-refractivity contribution is 5.55. The maximum Gasteiger partial charge on any atom is 0.203 e. The highest BCUT2D eigenvalue weighted by atomic mass is 16.5. The van der Waals surface area contributed by atoms with Crippen LogP contribution in [0.1, 0.15) is 52.0 Å². The number of benzene rings is 1. The van der Waals surface area contributed by atoms with E-state index in [0.717, 1.165) is 23.7 Å². The molecule has 1 aromatic rings. The molecule has 0 aromatic heterocycles. The smallest absolute Gasteiger partial charge is 0.203 e. The van der Waals surface area contributed by atoms with Crippen molar-refractivity contribution in [2.24, 2.45) is 0 Å². The largest absolute Gasteiger partial charge is 0.492 e. The molecule has 114 valence electrons. The van der Waals surface area contributed by atoms with Crippen molar-refractivity contribution in [2.45, 2.75) is 52.9 Å². The van der Waals surface area contributed by atoms with Crippen LogP contribution >= 0.6 is 0 Å². The van der Waals surface area contributed by atoms with Crippen molar-refractivity contribution in [3.05, 3.63) is 17.7 Å². The van der Waals surface area contributed by atoms with Gasteiger partial charge in [0.05, 0.1) is 20.3 Å². The van der Waals surface area contributed by atoms with Crippen molar-refractivity contribution in [1.82, 2.24) is 0 Å². The molecular weight excluding hydrogens is 252 g/mol. The maximum absolute atomic E-state index is 5.73. The van der Waals surface area contributed by atoms with Crippen molar-refractivity contribution in [1.29, 1.82) is 0 Å². The van der Waals surface area contributed by atoms with Gasteiger partial charge in [0.15, 0.2) is 11.5 Å². The Balaban J connectivity index is 2.91. The van der Waals surface area contributed by atoms with Gasteiger partial charge < -0.3 is 14.2 Å². The van der Waals surface area contributed by atoms with Crippen LogP contribution < -0.4 is 14.2 Å². The summed E-state index contributed by atoms with van der Waals surface area (Å²) in [5.41, 5.74) is 1.20. The number of unbranched alkanes of at least 4 members (excludes halogenated alkanes) is 3. The number of hydrogen-bond donors (Lipinski definition) is 0. The second-order valence-electron chi connectivity index (χ2n) is 4.76. The summed E-state index contributed by atoms with van der Waals surface area (Å²) < 4.78 is 16.9. The molecule has 0 aliphatic rings. The van der Waals surface area contributed by atoms with Gasteiger partial charge in [-0.1, -0.05) is 32.3 Å². The molecule has 1 rings (SSSR count). The minimum atomic E-state index is 0.607. The monoisotopic (exact) mass is 280 g/mol. The first-order valence-corrected chi connectivity index (χ1v) is 7.73. The summed E-state index contributed by atoms with van der Waals surface area (Å²) in [7, 11) is 1.70. The van der Waals surface area contributed by atoms with E-state index in [1.54, 1.807) is 7.11 Å². The summed E-state index contributed by atoms with van der Waals surface area (Å²) in [5, 5.41) is 0. The first kappa shape index (κ1) is 16.7. The first-order valence-electron chi connectivity index (χ1n) is 7.73. The number of hydrogen-bond acceptors (Lipinski definition) is 3. The Kier molecular flexibility index (Phi) is 7.93. The van der Waals surface area contributed by atoms with Crippen LogP contribution in [0.5, 0.6) is 17.2 Å². The summed E-state index contributed by atoms with van der Waals surface area (Å²) >= 11 is 0. The molecule has 0 radical (unpaired) electrons. The molecule has 0 amide bonds. The third kappa shape index (κ3) is 4.62. The molecule has 0 spiro atoms. The molecule has 0 heterocycles. The standard InChI is InChI=1S/C17H28O3/c1-5-8-9-10-11-14-12-13-15(19-6-2)17(20-7-3)16(14)18-4/h12-13H,5-11H2,1-4H3. The summed E-state index contributed by atoms with van der Waals surface area (Å²) in [6, 6.07) is 4.09. The molecule has 0 bridgehead atoms. The molecule has 0 atom stereocenters. The molecule has 0 aliphatic carbocycles. The van der Waals surface area contributed by atoms with E-state index in [1.165, 1.54) is 31.2 Å². The third-order valence-corrected chi connectivity index (χ3v) is 3.25. The van der Waals surface area contributed by atoms with E-state index in [4.69, 9.17) is 14.2 Å². The molecule has 0 saturated heterocycles. The van der Waals surface area contributed by atoms with Crippen molar-refractivity contribution in [3.63, 3.8) is 0 Å². The molecule has 3 heteroatoms. The minimum absolute atomic E-state index is 0.607. The van der Waals surface area contributed by atoms with E-state index in [0.29, 0.717) is 13.2 Å². The van der Waals surface area contributed by atoms with E-state index >= 15 is 0 Å². The van der Waals surface area contributed by atoms with Gasteiger partial charge in [0.25, 0.3) is 0 Å². The van der Waals surface area contributed by atoms with Gasteiger partial charge >= 0.3 is 0 Å². The summed E-state index contributed by atoms with van der Waals surface area (Å²) in [6.07, 6.45) is 6.01. The van der Waals surface area contributed by atoms with Gasteiger partial charge in [-0.05, 0) is 38.3 Å². The zero-order valence-electron chi connectivity index (χ0n) is 13.3. The summed E-state index contributed by atoms with van der Waals surface area (Å²) in [6.45, 7) is 7.41. The quantitative estimate of drug-likeness (QED) is 0.585. The average Bonchev–Trinajstić information content (AvgIpc) is 2.46. The van der Waals surface area contributed by atoms with Crippen LogP contribution in [0.2, 0.25) is 0 Å². The van der Waals surface area contributed by atoms with Crippen LogP contribution in [0.15, 0.2) is 12.1 Å². The predicted octanol–water partition coefficient (Wildman–Crippen LogP) is 4.62. The topological polar surface area (TPSA) is 27.7 Å². The Bertz CT molecular complexity index is 388. The SMILES string of the molecule is CCCCCCc1ccc(OCC)c(OCC)c1OC. The highest BCUT2D eigenvalue weighted by Crippen LogP contribution is 2.40. The second kappa shape index (κ2) is 9.51. The Hall–Kier alpha value is -1.38. The van der Waals surface area contributed by atoms with E-state index in [1.807, 2.05) is 19.9 Å². The average molecular weight is 280 g/mol. The normalized spacial score (nSPS) is 10.4. The van der Waals surface area contributed by atoms with Crippen LogP contribution in [0, 0.1) is 0 Å². The van der Waals surface area contributed by atoms with Crippen molar-refractivity contribution in [3.8, 4) is 17.2 Å². The Morgan fingerprint density at radius 3 is 2.20 bits per heavy atom. The van der Waals surface area contributed by atoms with E-state index in [2.05, 4.69) is 13.0 Å². The molecule has 0 fully saturated rings. The Labute approximate surface area is 123 Å². The van der Waals surface area contributed by atoms with Crippen molar-refractivity contribution >= 4 is 0 Å². The van der Waals surface area contributed by atoms with Crippen molar-refractivity contribution < 1.29 is 14.2 Å². The lowest BCUT2D eigenvalue weighted by atomic mass is 10.0. The molecule has 3 nitrogen and oxygen atoms in total. The van der Waals surface area contributed by atoms with Gasteiger partial charge in [-0.3, -0.25) is 0 Å². The maximum atomic E-state index is 5.73. The molecule has 0 N–H and O–H groups in total. The van der Waals surface area contributed by atoms with Gasteiger partial charge in [0.2, 0.25) is 5.75 Å². The van der Waals surface area contributed by atoms with E-state index < -0.39 is 0 Å². The molecule has 0 unspecified atom stereocenters. The van der Waals surface area contributed by atoms with Crippen LogP contribution in [0.3, 0.4) is 0 Å². The number of ether oxygens (including phenoxy) is 3. The lowest BCUT2D eigenvalue weighted by Crippen LogP contribution is -2.03. The van der Waals surface area contributed by atoms with Gasteiger partial charge in [-0.15, -0.1) is 0 Å². The molecular formula is C17H28O3. The van der Waals surface area contributed by atoms with Crippen LogP contribution in [-0.4, -0.2) is 20.3 Å². The Morgan fingerprint density at radius 1 is 0.850 bits per heavy atom. The van der Waals surface area contributed by atoms with E-state index in [9.17, 15) is 0 Å². The number of rotatable bonds is 10. The molecule has 0 aliphatic heterocycles. The molecule has 0 saturated carbocycles. The number of methoxy groups -OCH3 is 1. The zero-order chi connectivity index (χ0) is 14.8. The highest BCUT2D eigenvalue weighted by Gasteiger charge is 2.16. The predicted molar refractivity (Wildman–Crippen MR) is 83.2 cm³/mol. The van der Waals surface area contributed by atoms with Gasteiger partial charge in [-0.2, -0.15) is 0 Å². The van der Waals surface area contributed by atoms with Crippen molar-refractivity contribution in [2.75, 3.05) is 20.3 Å². The van der Waals surface area contributed by atoms with Gasteiger partial charge in [0.1, 0.15) is 0 Å². The molecule has 20 heavy (non-hydrogen) atoms. The van der Waals surface area contributed by atoms with Crippen LogP contribution in [-0.2, 0) is 6.42 Å². The Morgan fingerprint density at radius 2 is 1.60 bits per heavy atom. The zero-order valence-corrected chi connectivity index (χ0v) is 13.3. The summed E-state index contributed by atoms with van der Waals surface area (Å²) in [5.74, 6) is 2.34. The fourth-order valence-electron chi connectivity index (χ4n) is 2.30. The molecule has 1 aromatic carbocycles. The van der Waals surface area contributed by atoms with Gasteiger partial charge in [0, 0.05) is 0 Å². The second-order valence-corrected chi connectivity index (χ2v) is 4.76. The lowest BCUT2D eigenvalue weighted by molar-refractivity contribution is 0.271. The minimum Gasteiger partial charge on any atom is -0.492 e. The fourth-order valence-corrected chi connectivity index (χ4v) is 2.30. The van der Waals surface area contributed by atoms with E-state index in [-0.39, 0.29) is 0 Å². The lowest BCUT2D eigenvalue weighted by Gasteiger charge is -2.17.